The average molecular weight is 463 g/mol. The lowest BCUT2D eigenvalue weighted by Gasteiger charge is -2.26. The molecule has 8 nitrogen and oxygen atoms in total. The Balaban J connectivity index is 1.90. The maximum atomic E-state index is 13.2. The van der Waals surface area contributed by atoms with Crippen molar-refractivity contribution in [2.24, 2.45) is 11.8 Å². The van der Waals surface area contributed by atoms with Crippen molar-refractivity contribution in [1.82, 2.24) is 16.0 Å². The number of imide groups is 1. The highest BCUT2D eigenvalue weighted by molar-refractivity contribution is 6.15. The van der Waals surface area contributed by atoms with Gasteiger partial charge in [0, 0.05) is 31.5 Å². The number of ketones is 1. The summed E-state index contributed by atoms with van der Waals surface area (Å²) in [7, 11) is 0. The fourth-order valence-electron chi connectivity index (χ4n) is 3.63. The summed E-state index contributed by atoms with van der Waals surface area (Å²) < 4.78 is 26.3. The van der Waals surface area contributed by atoms with E-state index in [9.17, 15) is 32.8 Å². The molecule has 178 valence electrons. The Morgan fingerprint density at radius 3 is 2.30 bits per heavy atom. The highest BCUT2D eigenvalue weighted by Gasteiger charge is 2.41. The maximum absolute atomic E-state index is 13.2. The second-order valence-corrected chi connectivity index (χ2v) is 7.77. The number of benzene rings is 1. The molecular formula is C23H27F2N3O5. The van der Waals surface area contributed by atoms with E-state index in [1.165, 1.54) is 6.08 Å². The topological polar surface area (TPSA) is 121 Å². The summed E-state index contributed by atoms with van der Waals surface area (Å²) in [6, 6.07) is 1.92. The zero-order valence-electron chi connectivity index (χ0n) is 18.5. The Morgan fingerprint density at radius 1 is 1.12 bits per heavy atom. The molecule has 1 aliphatic heterocycles. The molecule has 0 radical (unpaired) electrons. The molecule has 33 heavy (non-hydrogen) atoms. The zero-order valence-corrected chi connectivity index (χ0v) is 18.5. The van der Waals surface area contributed by atoms with Crippen molar-refractivity contribution in [3.8, 4) is 0 Å². The van der Waals surface area contributed by atoms with Gasteiger partial charge in [0.25, 0.3) is 0 Å². The molecule has 0 aliphatic carbocycles. The van der Waals surface area contributed by atoms with Crippen molar-refractivity contribution in [2.45, 2.75) is 45.6 Å². The predicted molar refractivity (Wildman–Crippen MR) is 115 cm³/mol. The van der Waals surface area contributed by atoms with Crippen LogP contribution >= 0.6 is 0 Å². The van der Waals surface area contributed by atoms with Crippen LogP contribution in [0.25, 0.3) is 6.08 Å². The molecule has 1 aromatic carbocycles. The Morgan fingerprint density at radius 2 is 1.76 bits per heavy atom. The first-order chi connectivity index (χ1) is 15.6. The molecule has 2 rings (SSSR count). The van der Waals surface area contributed by atoms with E-state index in [4.69, 9.17) is 0 Å². The molecule has 2 unspecified atom stereocenters. The minimum atomic E-state index is -1.12. The lowest BCUT2D eigenvalue weighted by atomic mass is 9.85. The summed E-state index contributed by atoms with van der Waals surface area (Å²) in [5.74, 6) is -5.63. The number of Topliss-reactive ketones (excluding diaryl/α,β-unsaturated/α-hetero) is 1. The van der Waals surface area contributed by atoms with Gasteiger partial charge in [-0.25, -0.2) is 8.78 Å². The fourth-order valence-corrected chi connectivity index (χ4v) is 3.63. The summed E-state index contributed by atoms with van der Waals surface area (Å²) in [6.45, 7) is 3.67. The zero-order chi connectivity index (χ0) is 24.5. The van der Waals surface area contributed by atoms with Gasteiger partial charge in [-0.1, -0.05) is 26.7 Å². The van der Waals surface area contributed by atoms with E-state index < -0.39 is 53.0 Å². The van der Waals surface area contributed by atoms with Crippen LogP contribution in [0, 0.1) is 23.5 Å². The Bertz CT molecular complexity index is 939. The molecule has 0 saturated carbocycles. The van der Waals surface area contributed by atoms with Crippen LogP contribution in [0.5, 0.6) is 0 Å². The summed E-state index contributed by atoms with van der Waals surface area (Å²) in [5.41, 5.74) is 0.168. The van der Waals surface area contributed by atoms with Crippen LogP contribution in [0.1, 0.15) is 45.1 Å². The van der Waals surface area contributed by atoms with E-state index >= 15 is 0 Å². The number of carbonyl (C=O) groups excluding carboxylic acids is 5. The molecule has 0 spiro atoms. The lowest BCUT2D eigenvalue weighted by molar-refractivity contribution is -0.136. The SMILES string of the molecule is CCC(CC)C(NC(=O)CCNC(=O)/C=C/c1cc(F)cc(F)c1)C(=O)C1CC(=O)NC1=O. The van der Waals surface area contributed by atoms with E-state index in [-0.39, 0.29) is 30.9 Å². The normalized spacial score (nSPS) is 16.7. The molecule has 1 saturated heterocycles. The lowest BCUT2D eigenvalue weighted by Crippen LogP contribution is -2.49. The van der Waals surface area contributed by atoms with Gasteiger partial charge >= 0.3 is 0 Å². The Kier molecular flexibility index (Phi) is 9.38. The van der Waals surface area contributed by atoms with Crippen molar-refractivity contribution < 1.29 is 32.8 Å². The molecule has 1 fully saturated rings. The van der Waals surface area contributed by atoms with Crippen molar-refractivity contribution >= 4 is 35.5 Å². The van der Waals surface area contributed by atoms with E-state index in [0.717, 1.165) is 18.2 Å². The van der Waals surface area contributed by atoms with Gasteiger partial charge in [-0.3, -0.25) is 29.3 Å². The smallest absolute Gasteiger partial charge is 0.244 e. The molecule has 0 aromatic heterocycles. The van der Waals surface area contributed by atoms with Gasteiger partial charge in [0.2, 0.25) is 23.6 Å². The van der Waals surface area contributed by atoms with Crippen LogP contribution in [0.4, 0.5) is 8.78 Å². The van der Waals surface area contributed by atoms with Gasteiger partial charge in [-0.05, 0) is 29.7 Å². The minimum Gasteiger partial charge on any atom is -0.352 e. The summed E-state index contributed by atoms with van der Waals surface area (Å²) in [6.07, 6.45) is 3.11. The van der Waals surface area contributed by atoms with Crippen molar-refractivity contribution in [3.05, 3.63) is 41.5 Å². The minimum absolute atomic E-state index is 0.0429. The monoisotopic (exact) mass is 463 g/mol. The van der Waals surface area contributed by atoms with Gasteiger partial charge in [0.15, 0.2) is 5.78 Å². The van der Waals surface area contributed by atoms with E-state index in [1.54, 1.807) is 0 Å². The number of hydrogen-bond donors (Lipinski definition) is 3. The van der Waals surface area contributed by atoms with E-state index in [2.05, 4.69) is 16.0 Å². The highest BCUT2D eigenvalue weighted by atomic mass is 19.1. The summed E-state index contributed by atoms with van der Waals surface area (Å²) >= 11 is 0. The Hall–Kier alpha value is -3.43. The largest absolute Gasteiger partial charge is 0.352 e. The van der Waals surface area contributed by atoms with Crippen molar-refractivity contribution in [2.75, 3.05) is 6.54 Å². The number of carbonyl (C=O) groups is 5. The van der Waals surface area contributed by atoms with Crippen molar-refractivity contribution in [3.63, 3.8) is 0 Å². The first kappa shape index (κ1) is 25.8. The van der Waals surface area contributed by atoms with Crippen LogP contribution in [-0.4, -0.2) is 42.0 Å². The number of halogens is 2. The molecule has 3 N–H and O–H groups in total. The van der Waals surface area contributed by atoms with Gasteiger partial charge in [-0.15, -0.1) is 0 Å². The second-order valence-electron chi connectivity index (χ2n) is 7.77. The molecule has 0 bridgehead atoms. The molecule has 2 atom stereocenters. The first-order valence-corrected chi connectivity index (χ1v) is 10.7. The highest BCUT2D eigenvalue weighted by Crippen LogP contribution is 2.21. The quantitative estimate of drug-likeness (QED) is 0.262. The average Bonchev–Trinajstić information content (AvgIpc) is 3.09. The van der Waals surface area contributed by atoms with Crippen LogP contribution in [0.3, 0.4) is 0 Å². The van der Waals surface area contributed by atoms with Crippen LogP contribution in [0.2, 0.25) is 0 Å². The molecule has 1 aliphatic rings. The van der Waals surface area contributed by atoms with Gasteiger partial charge in [-0.2, -0.15) is 0 Å². The van der Waals surface area contributed by atoms with Crippen LogP contribution < -0.4 is 16.0 Å². The van der Waals surface area contributed by atoms with E-state index in [1.807, 2.05) is 13.8 Å². The predicted octanol–water partition coefficient (Wildman–Crippen LogP) is 1.64. The van der Waals surface area contributed by atoms with E-state index in [0.29, 0.717) is 18.9 Å². The van der Waals surface area contributed by atoms with Crippen LogP contribution in [0.15, 0.2) is 24.3 Å². The van der Waals surface area contributed by atoms with Gasteiger partial charge in [0.05, 0.1) is 6.04 Å². The third kappa shape index (κ3) is 7.58. The molecule has 10 heteroatoms. The summed E-state index contributed by atoms with van der Waals surface area (Å²) in [4.78, 5) is 60.5. The van der Waals surface area contributed by atoms with Gasteiger partial charge in [0.1, 0.15) is 17.6 Å². The number of nitrogens with one attached hydrogen (secondary N) is 3. The molecule has 1 heterocycles. The Labute approximate surface area is 190 Å². The third-order valence-electron chi connectivity index (χ3n) is 5.42. The maximum Gasteiger partial charge on any atom is 0.244 e. The fraction of sp³-hybridized carbons (Fsp3) is 0.435. The van der Waals surface area contributed by atoms with Crippen LogP contribution in [-0.2, 0) is 24.0 Å². The number of rotatable bonds is 11. The number of hydrogen-bond acceptors (Lipinski definition) is 5. The molecule has 1 aromatic rings. The molecular weight excluding hydrogens is 436 g/mol. The first-order valence-electron chi connectivity index (χ1n) is 10.7. The number of amides is 4. The second kappa shape index (κ2) is 12.0. The molecule has 4 amide bonds. The standard InChI is InChI=1S/C23H27F2N3O5/c1-3-14(4-2)21(22(32)17-12-20(31)28-23(17)33)27-19(30)7-8-26-18(29)6-5-13-9-15(24)11-16(25)10-13/h5-6,9-11,14,17,21H,3-4,7-8,12H2,1-2H3,(H,26,29)(H,27,30)(H,28,31,33)/b6-5+. The van der Waals surface area contributed by atoms with Crippen molar-refractivity contribution in [1.29, 1.82) is 0 Å². The summed E-state index contributed by atoms with van der Waals surface area (Å²) in [5, 5.41) is 7.22. The third-order valence-corrected chi connectivity index (χ3v) is 5.42. The van der Waals surface area contributed by atoms with Gasteiger partial charge < -0.3 is 10.6 Å².